The third kappa shape index (κ3) is 22.1. The Hall–Kier alpha value is -4.08. The summed E-state index contributed by atoms with van der Waals surface area (Å²) < 4.78 is 0. The fourth-order valence-corrected chi connectivity index (χ4v) is 17.5. The summed E-state index contributed by atoms with van der Waals surface area (Å²) in [7, 11) is 1.74. The van der Waals surface area contributed by atoms with Gasteiger partial charge >= 0.3 is 0 Å². The Kier molecular flexibility index (Phi) is 26.4. The lowest BCUT2D eigenvalue weighted by molar-refractivity contribution is -0.115. The molecule has 4 saturated heterocycles. The Morgan fingerprint density at radius 3 is 0.735 bits per heavy atom. The molecule has 0 amide bonds. The first kappa shape index (κ1) is 54.9. The van der Waals surface area contributed by atoms with E-state index in [1.165, 1.54) is 132 Å². The molecule has 4 fully saturated rings. The summed E-state index contributed by atoms with van der Waals surface area (Å²) >= 11 is 0. The molecule has 68 heavy (non-hydrogen) atoms. The van der Waals surface area contributed by atoms with Crippen LogP contribution in [0.3, 0.4) is 0 Å². The molecule has 0 aliphatic carbocycles. The van der Waals surface area contributed by atoms with Gasteiger partial charge in [0.2, 0.25) is 11.6 Å². The maximum absolute atomic E-state index is 11.9. The van der Waals surface area contributed by atoms with Gasteiger partial charge in [0.25, 0.3) is 0 Å². The van der Waals surface area contributed by atoms with Crippen molar-refractivity contribution in [3.63, 3.8) is 0 Å². The van der Waals surface area contributed by atoms with Crippen molar-refractivity contribution in [3.8, 4) is 0 Å². The molecule has 0 atom stereocenters. The lowest BCUT2D eigenvalue weighted by atomic mass is 10.1. The SMILES string of the molecule is CC(=O)C[S+]1CCCC1.CC(=O)C[S+]1CCCCC1.O=C(C[S+]1CCCC1)c1ccccc1.O=C(C[S+]1CCCCC1)c1ccccc1.c1ccc2ccccc2c1.c1ccc2ccccc2c1. The molecule has 8 heteroatoms. The summed E-state index contributed by atoms with van der Waals surface area (Å²) in [6.07, 6.45) is 13.5. The van der Waals surface area contributed by atoms with Gasteiger partial charge in [-0.05, 0) is 143 Å². The van der Waals surface area contributed by atoms with Gasteiger partial charge in [0.05, 0.1) is 0 Å². The smallest absolute Gasteiger partial charge is 0.211 e. The van der Waals surface area contributed by atoms with Gasteiger partial charge in [-0.15, -0.1) is 0 Å². The molecule has 4 aliphatic rings. The Balaban J connectivity index is 0.000000154. The number of carbonyl (C=O) groups is 4. The zero-order valence-corrected chi connectivity index (χ0v) is 44.1. The summed E-state index contributed by atoms with van der Waals surface area (Å²) in [5, 5.41) is 5.24. The topological polar surface area (TPSA) is 68.3 Å². The summed E-state index contributed by atoms with van der Waals surface area (Å²) in [5.41, 5.74) is 1.77. The minimum absolute atomic E-state index is 0.329. The molecular formula is C60H76O4S4+4. The first-order valence-electron chi connectivity index (χ1n) is 24.8. The fraction of sp³-hybridized carbons (Fsp3) is 0.400. The zero-order chi connectivity index (χ0) is 48.0. The monoisotopic (exact) mass is 988 g/mol. The van der Waals surface area contributed by atoms with Gasteiger partial charge in [0, 0.05) is 11.1 Å². The van der Waals surface area contributed by atoms with E-state index in [0.717, 1.165) is 34.1 Å². The van der Waals surface area contributed by atoms with Crippen LogP contribution in [0, 0.1) is 0 Å². The van der Waals surface area contributed by atoms with E-state index < -0.39 is 0 Å². The van der Waals surface area contributed by atoms with Crippen LogP contribution in [0.5, 0.6) is 0 Å². The summed E-state index contributed by atoms with van der Waals surface area (Å²) in [6.45, 7) is 3.41. The molecule has 4 nitrogen and oxygen atoms in total. The van der Waals surface area contributed by atoms with Crippen molar-refractivity contribution in [1.82, 2.24) is 0 Å². The van der Waals surface area contributed by atoms with Gasteiger partial charge in [0.15, 0.2) is 34.6 Å². The molecule has 6 aromatic rings. The summed E-state index contributed by atoms with van der Waals surface area (Å²) in [5.74, 6) is 15.1. The highest BCUT2D eigenvalue weighted by atomic mass is 32.2. The van der Waals surface area contributed by atoms with E-state index in [-0.39, 0.29) is 0 Å². The van der Waals surface area contributed by atoms with Crippen LogP contribution in [0.15, 0.2) is 158 Å². The van der Waals surface area contributed by atoms with Crippen LogP contribution in [0.25, 0.3) is 21.5 Å². The number of benzene rings is 6. The number of Topliss-reactive ketones (excluding diaryl/α,β-unsaturated/α-hetero) is 4. The minimum Gasteiger partial charge on any atom is -0.295 e. The molecular weight excluding hydrogens is 913 g/mol. The Labute approximate surface area is 420 Å². The van der Waals surface area contributed by atoms with E-state index in [0.29, 0.717) is 66.7 Å². The van der Waals surface area contributed by atoms with Crippen LogP contribution in [0.2, 0.25) is 0 Å². The van der Waals surface area contributed by atoms with E-state index in [9.17, 15) is 19.2 Å². The second-order valence-corrected chi connectivity index (χ2v) is 27.2. The molecule has 0 aromatic heterocycles. The molecule has 0 spiro atoms. The van der Waals surface area contributed by atoms with Crippen molar-refractivity contribution < 1.29 is 19.2 Å². The fourth-order valence-electron chi connectivity index (χ4n) is 8.41. The average Bonchev–Trinajstić information content (AvgIpc) is 4.11. The maximum Gasteiger partial charge on any atom is 0.211 e. The Morgan fingerprint density at radius 1 is 0.294 bits per heavy atom. The third-order valence-electron chi connectivity index (χ3n) is 12.0. The van der Waals surface area contributed by atoms with Crippen molar-refractivity contribution in [3.05, 3.63) is 169 Å². The van der Waals surface area contributed by atoms with E-state index in [1.54, 1.807) is 13.8 Å². The molecule has 6 aromatic carbocycles. The second-order valence-electron chi connectivity index (χ2n) is 17.9. The summed E-state index contributed by atoms with van der Waals surface area (Å²) in [6, 6.07) is 52.8. The number of carbonyl (C=O) groups excluding carboxylic acids is 4. The minimum atomic E-state index is 0.329. The van der Waals surface area contributed by atoms with Crippen LogP contribution >= 0.6 is 0 Å². The van der Waals surface area contributed by atoms with Crippen molar-refractivity contribution in [1.29, 1.82) is 0 Å². The summed E-state index contributed by atoms with van der Waals surface area (Å²) in [4.78, 5) is 45.1. The first-order chi connectivity index (χ1) is 33.2. The zero-order valence-electron chi connectivity index (χ0n) is 40.8. The standard InChI is InChI=1S/C13H17OS.C12H15OS.2C10H8.C8H15OS.C7H13OS/c14-13(12-7-3-1-4-8-12)11-15-9-5-2-6-10-15;13-12(10-14-8-4-5-9-14)11-6-2-1-3-7-11;2*1-2-6-10-8-4-3-7-9(10)5-1;1-8(9)7-10-5-3-2-4-6-10;1-7(8)6-9-4-2-3-5-9/h1,3-4,7-8H,2,5-6,9-11H2;1-3,6-7H,4-5,8-10H2;2*1-8H;2-7H2,1H3;2-6H2,1H3/q2*+1;;;2*+1. The van der Waals surface area contributed by atoms with Gasteiger partial charge in [-0.3, -0.25) is 19.2 Å². The van der Waals surface area contributed by atoms with Crippen LogP contribution in [0.1, 0.15) is 98.8 Å². The first-order valence-corrected chi connectivity index (χ1v) is 31.8. The van der Waals surface area contributed by atoms with Gasteiger partial charge in [-0.2, -0.15) is 0 Å². The van der Waals surface area contributed by atoms with Crippen molar-refractivity contribution in [2.75, 3.05) is 69.0 Å². The van der Waals surface area contributed by atoms with Crippen molar-refractivity contribution in [2.24, 2.45) is 0 Å². The molecule has 10 rings (SSSR count). The van der Waals surface area contributed by atoms with Crippen LogP contribution in [-0.4, -0.2) is 92.2 Å². The third-order valence-corrected chi connectivity index (χ3v) is 21.9. The van der Waals surface area contributed by atoms with Crippen molar-refractivity contribution >= 4 is 88.3 Å². The molecule has 4 heterocycles. The number of rotatable bonds is 10. The van der Waals surface area contributed by atoms with Gasteiger partial charge < -0.3 is 0 Å². The molecule has 360 valence electrons. The number of hydrogen-bond acceptors (Lipinski definition) is 4. The average molecular weight is 990 g/mol. The molecule has 0 saturated carbocycles. The van der Waals surface area contributed by atoms with E-state index in [4.69, 9.17) is 0 Å². The number of fused-ring (bicyclic) bond motifs is 2. The van der Waals surface area contributed by atoms with Crippen LogP contribution < -0.4 is 0 Å². The maximum atomic E-state index is 11.9. The Bertz CT molecular complexity index is 2140. The normalized spacial score (nSPS) is 16.1. The lowest BCUT2D eigenvalue weighted by Gasteiger charge is -2.12. The van der Waals surface area contributed by atoms with Gasteiger partial charge in [-0.25, -0.2) is 0 Å². The molecule has 0 unspecified atom stereocenters. The van der Waals surface area contributed by atoms with Crippen LogP contribution in [-0.2, 0) is 53.2 Å². The largest absolute Gasteiger partial charge is 0.295 e. The quantitative estimate of drug-likeness (QED) is 0.101. The van der Waals surface area contributed by atoms with E-state index >= 15 is 0 Å². The van der Waals surface area contributed by atoms with Crippen LogP contribution in [0.4, 0.5) is 0 Å². The number of hydrogen-bond donors (Lipinski definition) is 0. The van der Waals surface area contributed by atoms with Gasteiger partial charge in [-0.1, -0.05) is 158 Å². The number of ketones is 4. The highest BCUT2D eigenvalue weighted by Gasteiger charge is 2.28. The molecule has 0 N–H and O–H groups in total. The highest BCUT2D eigenvalue weighted by molar-refractivity contribution is 7.98. The van der Waals surface area contributed by atoms with E-state index in [2.05, 4.69) is 97.1 Å². The predicted molar refractivity (Wildman–Crippen MR) is 305 cm³/mol. The Morgan fingerprint density at radius 2 is 0.500 bits per heavy atom. The van der Waals surface area contributed by atoms with Crippen molar-refractivity contribution in [2.45, 2.75) is 78.1 Å². The highest BCUT2D eigenvalue weighted by Crippen LogP contribution is 2.18. The molecule has 0 radical (unpaired) electrons. The van der Waals surface area contributed by atoms with Gasteiger partial charge in [0.1, 0.15) is 46.0 Å². The lowest BCUT2D eigenvalue weighted by Crippen LogP contribution is -2.25. The molecule has 4 aliphatic heterocycles. The second kappa shape index (κ2) is 32.7. The predicted octanol–water partition coefficient (Wildman–Crippen LogP) is 13.0. The molecule has 0 bridgehead atoms. The van der Waals surface area contributed by atoms with E-state index in [1.807, 2.05) is 60.7 Å².